The summed E-state index contributed by atoms with van der Waals surface area (Å²) in [6.45, 7) is 4.25. The van der Waals surface area contributed by atoms with Gasteiger partial charge in [0.05, 0.1) is 11.8 Å². The van der Waals surface area contributed by atoms with E-state index in [1.165, 1.54) is 30.2 Å². The number of benzene rings is 1. The van der Waals surface area contributed by atoms with E-state index in [4.69, 9.17) is 0 Å². The minimum Gasteiger partial charge on any atom is -0.344 e. The first-order chi connectivity index (χ1) is 13.7. The van der Waals surface area contributed by atoms with Crippen LogP contribution >= 0.6 is 46.2 Å². The monoisotopic (exact) mass is 449 g/mol. The Balaban J connectivity index is 1.58. The van der Waals surface area contributed by atoms with Crippen LogP contribution in [0.1, 0.15) is 41.8 Å². The fraction of sp³-hybridized carbons (Fsp3) is 0.350. The molecule has 8 heteroatoms. The molecular formula is C20H23N3OS4. The minimum absolute atomic E-state index is 0.000592. The van der Waals surface area contributed by atoms with Crippen LogP contribution in [-0.4, -0.2) is 27.6 Å². The Bertz CT molecular complexity index is 862. The second-order valence-electron chi connectivity index (χ2n) is 6.25. The number of unbranched alkanes of at least 4 members (excludes halogenated alkanes) is 1. The van der Waals surface area contributed by atoms with Gasteiger partial charge in [0.15, 0.2) is 8.68 Å². The molecule has 3 rings (SSSR count). The van der Waals surface area contributed by atoms with E-state index in [0.717, 1.165) is 24.9 Å². The average molecular weight is 450 g/mol. The molecule has 1 atom stereocenters. The van der Waals surface area contributed by atoms with Crippen LogP contribution in [0.4, 0.5) is 0 Å². The van der Waals surface area contributed by atoms with Crippen LogP contribution in [0, 0.1) is 6.92 Å². The number of aromatic nitrogens is 2. The maximum absolute atomic E-state index is 12.6. The van der Waals surface area contributed by atoms with Crippen molar-refractivity contribution in [3.8, 4) is 0 Å². The number of thioether (sulfide) groups is 2. The molecule has 0 fully saturated rings. The summed E-state index contributed by atoms with van der Waals surface area (Å²) in [4.78, 5) is 13.7. The molecular weight excluding hydrogens is 427 g/mol. The molecule has 0 radical (unpaired) electrons. The molecule has 0 aliphatic carbocycles. The van der Waals surface area contributed by atoms with Crippen LogP contribution in [0.2, 0.25) is 0 Å². The Hall–Kier alpha value is -1.35. The Kier molecular flexibility index (Phi) is 8.39. The van der Waals surface area contributed by atoms with Gasteiger partial charge >= 0.3 is 0 Å². The topological polar surface area (TPSA) is 54.9 Å². The number of amides is 1. The highest BCUT2D eigenvalue weighted by molar-refractivity contribution is 8.03. The summed E-state index contributed by atoms with van der Waals surface area (Å²) in [5, 5.41) is 13.6. The van der Waals surface area contributed by atoms with Gasteiger partial charge in [-0.05, 0) is 30.4 Å². The van der Waals surface area contributed by atoms with Crippen LogP contribution < -0.4 is 5.32 Å². The maximum Gasteiger partial charge on any atom is 0.231 e. The first-order valence-corrected chi connectivity index (χ1v) is 12.8. The van der Waals surface area contributed by atoms with Gasteiger partial charge in [-0.25, -0.2) is 0 Å². The minimum atomic E-state index is -0.122. The zero-order chi connectivity index (χ0) is 19.8. The average Bonchev–Trinajstić information content (AvgIpc) is 3.38. The van der Waals surface area contributed by atoms with Gasteiger partial charge in [-0.2, -0.15) is 0 Å². The SMILES string of the molecule is CCCCSc1nnc(SCC(=O)NC(c2ccc(C)cc2)c2cccs2)s1. The predicted molar refractivity (Wildman–Crippen MR) is 122 cm³/mol. The summed E-state index contributed by atoms with van der Waals surface area (Å²) in [6.07, 6.45) is 2.36. The molecule has 0 aliphatic rings. The standard InChI is InChI=1S/C20H23N3OS4/c1-3-4-11-26-19-22-23-20(28-19)27-13-17(24)21-18(16-6-5-12-25-16)15-9-7-14(2)8-10-15/h5-10,12,18H,3-4,11,13H2,1-2H3,(H,21,24). The van der Waals surface area contributed by atoms with Crippen molar-refractivity contribution >= 4 is 52.1 Å². The number of thiophene rings is 1. The molecule has 0 saturated carbocycles. The number of hydrogen-bond acceptors (Lipinski definition) is 7. The summed E-state index contributed by atoms with van der Waals surface area (Å²) in [7, 11) is 0. The molecule has 3 aromatic rings. The third-order valence-electron chi connectivity index (χ3n) is 3.98. The van der Waals surface area contributed by atoms with Crippen molar-refractivity contribution in [1.82, 2.24) is 15.5 Å². The molecule has 0 spiro atoms. The number of carbonyl (C=O) groups is 1. The predicted octanol–water partition coefficient (Wildman–Crippen LogP) is 5.80. The largest absolute Gasteiger partial charge is 0.344 e. The van der Waals surface area contributed by atoms with Crippen molar-refractivity contribution in [2.75, 3.05) is 11.5 Å². The molecule has 148 valence electrons. The quantitative estimate of drug-likeness (QED) is 0.313. The van der Waals surface area contributed by atoms with Crippen LogP contribution in [0.25, 0.3) is 0 Å². The lowest BCUT2D eigenvalue weighted by atomic mass is 10.0. The number of hydrogen-bond donors (Lipinski definition) is 1. The summed E-state index contributed by atoms with van der Waals surface area (Å²) < 4.78 is 1.82. The highest BCUT2D eigenvalue weighted by Gasteiger charge is 2.18. The van der Waals surface area contributed by atoms with Gasteiger partial charge in [-0.1, -0.05) is 84.1 Å². The van der Waals surface area contributed by atoms with Crippen LogP contribution in [0.5, 0.6) is 0 Å². The van der Waals surface area contributed by atoms with Crippen LogP contribution in [0.15, 0.2) is 50.5 Å². The molecule has 4 nitrogen and oxygen atoms in total. The van der Waals surface area contributed by atoms with Crippen LogP contribution in [0.3, 0.4) is 0 Å². The third-order valence-corrected chi connectivity index (χ3v) is 8.20. The van der Waals surface area contributed by atoms with Crippen molar-refractivity contribution in [1.29, 1.82) is 0 Å². The number of carbonyl (C=O) groups excluding carboxylic acids is 1. The zero-order valence-corrected chi connectivity index (χ0v) is 19.1. The van der Waals surface area contributed by atoms with E-state index in [0.29, 0.717) is 5.75 Å². The first-order valence-electron chi connectivity index (χ1n) is 9.14. The van der Waals surface area contributed by atoms with Gasteiger partial charge in [-0.3, -0.25) is 4.79 Å². The Morgan fingerprint density at radius 3 is 2.57 bits per heavy atom. The molecule has 1 aromatic carbocycles. The van der Waals surface area contributed by atoms with E-state index in [-0.39, 0.29) is 11.9 Å². The van der Waals surface area contributed by atoms with Crippen molar-refractivity contribution in [3.63, 3.8) is 0 Å². The van der Waals surface area contributed by atoms with E-state index >= 15 is 0 Å². The van der Waals surface area contributed by atoms with E-state index in [9.17, 15) is 4.79 Å². The lowest BCUT2D eigenvalue weighted by Crippen LogP contribution is -2.30. The van der Waals surface area contributed by atoms with Gasteiger partial charge in [0.2, 0.25) is 5.91 Å². The number of nitrogens with zero attached hydrogens (tertiary/aromatic N) is 2. The van der Waals surface area contributed by atoms with Crippen LogP contribution in [-0.2, 0) is 4.79 Å². The number of nitrogens with one attached hydrogen (secondary N) is 1. The fourth-order valence-corrected chi connectivity index (χ4v) is 6.27. The van der Waals surface area contributed by atoms with Gasteiger partial charge < -0.3 is 5.32 Å². The highest BCUT2D eigenvalue weighted by atomic mass is 32.2. The Morgan fingerprint density at radius 2 is 1.89 bits per heavy atom. The molecule has 1 amide bonds. The molecule has 0 saturated heterocycles. The third kappa shape index (κ3) is 6.34. The second-order valence-corrected chi connectivity index (χ2v) is 10.8. The summed E-state index contributed by atoms with van der Waals surface area (Å²) >= 11 is 6.41. The molecule has 0 bridgehead atoms. The van der Waals surface area contributed by atoms with Crippen molar-refractivity contribution < 1.29 is 4.79 Å². The molecule has 0 aliphatic heterocycles. The van der Waals surface area contributed by atoms with Crippen molar-refractivity contribution in [2.24, 2.45) is 0 Å². The number of rotatable bonds is 10. The smallest absolute Gasteiger partial charge is 0.231 e. The van der Waals surface area contributed by atoms with Gasteiger partial charge in [0, 0.05) is 10.6 Å². The highest BCUT2D eigenvalue weighted by Crippen LogP contribution is 2.30. The Morgan fingerprint density at radius 1 is 1.14 bits per heavy atom. The molecule has 28 heavy (non-hydrogen) atoms. The summed E-state index contributed by atoms with van der Waals surface area (Å²) in [5.41, 5.74) is 2.30. The van der Waals surface area contributed by atoms with Crippen molar-refractivity contribution in [3.05, 3.63) is 57.8 Å². The zero-order valence-electron chi connectivity index (χ0n) is 15.9. The normalized spacial score (nSPS) is 12.1. The Labute approximate surface area is 182 Å². The number of aryl methyl sites for hydroxylation is 1. The van der Waals surface area contributed by atoms with Gasteiger partial charge in [-0.15, -0.1) is 21.5 Å². The summed E-state index contributed by atoms with van der Waals surface area (Å²) in [6, 6.07) is 12.3. The van der Waals surface area contributed by atoms with E-state index in [1.54, 1.807) is 34.4 Å². The molecule has 2 aromatic heterocycles. The fourth-order valence-electron chi connectivity index (χ4n) is 2.48. The molecule has 2 heterocycles. The van der Waals surface area contributed by atoms with E-state index < -0.39 is 0 Å². The molecule has 1 unspecified atom stereocenters. The maximum atomic E-state index is 12.6. The van der Waals surface area contributed by atoms with E-state index in [2.05, 4.69) is 59.7 Å². The summed E-state index contributed by atoms with van der Waals surface area (Å²) in [5.74, 6) is 1.40. The molecule has 1 N–H and O–H groups in total. The van der Waals surface area contributed by atoms with Gasteiger partial charge in [0.25, 0.3) is 0 Å². The lowest BCUT2D eigenvalue weighted by molar-refractivity contribution is -0.119. The lowest BCUT2D eigenvalue weighted by Gasteiger charge is -2.18. The second kappa shape index (κ2) is 11.0. The van der Waals surface area contributed by atoms with Gasteiger partial charge in [0.1, 0.15) is 0 Å². The van der Waals surface area contributed by atoms with E-state index in [1.807, 2.05) is 11.4 Å². The first kappa shape index (κ1) is 21.4. The van der Waals surface area contributed by atoms with Crippen molar-refractivity contribution in [2.45, 2.75) is 41.4 Å².